The molecule has 6 heteroatoms. The van der Waals surface area contributed by atoms with E-state index in [0.29, 0.717) is 17.8 Å². The summed E-state index contributed by atoms with van der Waals surface area (Å²) in [5, 5.41) is 2.83. The average Bonchev–Trinajstić information content (AvgIpc) is 2.73. The summed E-state index contributed by atoms with van der Waals surface area (Å²) in [6.45, 7) is 3.99. The number of methoxy groups -OCH3 is 2. The van der Waals surface area contributed by atoms with E-state index in [4.69, 9.17) is 9.47 Å². The van der Waals surface area contributed by atoms with Gasteiger partial charge in [0.25, 0.3) is 0 Å². The van der Waals surface area contributed by atoms with Gasteiger partial charge in [-0.05, 0) is 60.5 Å². The van der Waals surface area contributed by atoms with Gasteiger partial charge >= 0.3 is 0 Å². The van der Waals surface area contributed by atoms with Gasteiger partial charge in [0.05, 0.1) is 25.6 Å². The lowest BCUT2D eigenvalue weighted by molar-refractivity contribution is -0.116. The van der Waals surface area contributed by atoms with Crippen molar-refractivity contribution < 1.29 is 14.3 Å². The SMILES string of the molecule is COc1ccc(-c2cc(-c3ccc(OC)cc3)nc(NC(=O)CC(C)C)n2)cc1. The molecule has 29 heavy (non-hydrogen) atoms. The second-order valence-electron chi connectivity index (χ2n) is 7.07. The number of amides is 1. The number of ether oxygens (including phenoxy) is 2. The van der Waals surface area contributed by atoms with E-state index in [1.165, 1.54) is 0 Å². The number of hydrogen-bond donors (Lipinski definition) is 1. The number of benzene rings is 2. The molecule has 6 nitrogen and oxygen atoms in total. The van der Waals surface area contributed by atoms with Crippen LogP contribution in [0.4, 0.5) is 5.95 Å². The van der Waals surface area contributed by atoms with E-state index in [1.807, 2.05) is 68.4 Å². The molecule has 3 aromatic rings. The molecule has 2 aromatic carbocycles. The molecule has 0 aliphatic carbocycles. The fraction of sp³-hybridized carbons (Fsp3) is 0.261. The number of hydrogen-bond acceptors (Lipinski definition) is 5. The topological polar surface area (TPSA) is 73.3 Å². The molecule has 1 N–H and O–H groups in total. The predicted molar refractivity (Wildman–Crippen MR) is 114 cm³/mol. The Labute approximate surface area is 170 Å². The number of carbonyl (C=O) groups excluding carboxylic acids is 1. The molecule has 0 fully saturated rings. The maximum Gasteiger partial charge on any atom is 0.230 e. The van der Waals surface area contributed by atoms with Gasteiger partial charge in [0.1, 0.15) is 11.5 Å². The Morgan fingerprint density at radius 1 is 0.862 bits per heavy atom. The van der Waals surface area contributed by atoms with Gasteiger partial charge in [0.2, 0.25) is 11.9 Å². The first-order chi connectivity index (χ1) is 14.0. The molecular weight excluding hydrogens is 366 g/mol. The molecule has 1 heterocycles. The van der Waals surface area contributed by atoms with Crippen molar-refractivity contribution in [1.29, 1.82) is 0 Å². The van der Waals surface area contributed by atoms with E-state index in [0.717, 1.165) is 22.6 Å². The van der Waals surface area contributed by atoms with E-state index in [9.17, 15) is 4.79 Å². The smallest absolute Gasteiger partial charge is 0.230 e. The Kier molecular flexibility index (Phi) is 6.44. The Morgan fingerprint density at radius 3 is 1.69 bits per heavy atom. The Balaban J connectivity index is 2.01. The average molecular weight is 391 g/mol. The molecule has 1 aromatic heterocycles. The van der Waals surface area contributed by atoms with Crippen molar-refractivity contribution in [1.82, 2.24) is 9.97 Å². The van der Waals surface area contributed by atoms with Gasteiger partial charge in [-0.1, -0.05) is 13.8 Å². The highest BCUT2D eigenvalue weighted by Crippen LogP contribution is 2.27. The number of nitrogens with one attached hydrogen (secondary N) is 1. The van der Waals surface area contributed by atoms with E-state index in [-0.39, 0.29) is 17.8 Å². The zero-order chi connectivity index (χ0) is 20.8. The van der Waals surface area contributed by atoms with Gasteiger partial charge in [-0.25, -0.2) is 9.97 Å². The number of rotatable bonds is 7. The van der Waals surface area contributed by atoms with Gasteiger partial charge in [0.15, 0.2) is 0 Å². The van der Waals surface area contributed by atoms with Gasteiger partial charge in [-0.15, -0.1) is 0 Å². The summed E-state index contributed by atoms with van der Waals surface area (Å²) in [5.74, 6) is 1.97. The summed E-state index contributed by atoms with van der Waals surface area (Å²) < 4.78 is 10.5. The molecule has 0 aliphatic heterocycles. The van der Waals surface area contributed by atoms with Crippen LogP contribution < -0.4 is 14.8 Å². The van der Waals surface area contributed by atoms with Crippen LogP contribution in [0.3, 0.4) is 0 Å². The van der Waals surface area contributed by atoms with E-state index >= 15 is 0 Å². The van der Waals surface area contributed by atoms with Crippen molar-refractivity contribution in [2.45, 2.75) is 20.3 Å². The van der Waals surface area contributed by atoms with Crippen LogP contribution >= 0.6 is 0 Å². The molecular formula is C23H25N3O3. The minimum Gasteiger partial charge on any atom is -0.497 e. The normalized spacial score (nSPS) is 10.7. The second-order valence-corrected chi connectivity index (χ2v) is 7.07. The Bertz CT molecular complexity index is 902. The molecule has 0 unspecified atom stereocenters. The van der Waals surface area contributed by atoms with Crippen LogP contribution in [0.2, 0.25) is 0 Å². The zero-order valence-corrected chi connectivity index (χ0v) is 17.1. The van der Waals surface area contributed by atoms with Crippen molar-refractivity contribution >= 4 is 11.9 Å². The number of aromatic nitrogens is 2. The highest BCUT2D eigenvalue weighted by atomic mass is 16.5. The molecule has 0 aliphatic rings. The van der Waals surface area contributed by atoms with Crippen LogP contribution in [0.5, 0.6) is 11.5 Å². The number of anilines is 1. The lowest BCUT2D eigenvalue weighted by Gasteiger charge is -2.11. The first kappa shape index (κ1) is 20.3. The molecule has 3 rings (SSSR count). The number of nitrogens with zero attached hydrogens (tertiary/aromatic N) is 2. The summed E-state index contributed by atoms with van der Waals surface area (Å²) in [5.41, 5.74) is 3.24. The molecule has 0 saturated carbocycles. The highest BCUT2D eigenvalue weighted by molar-refractivity contribution is 5.89. The van der Waals surface area contributed by atoms with Gasteiger partial charge in [-0.2, -0.15) is 0 Å². The van der Waals surface area contributed by atoms with Crippen molar-refractivity contribution in [3.8, 4) is 34.0 Å². The maximum absolute atomic E-state index is 12.3. The van der Waals surface area contributed by atoms with E-state index in [2.05, 4.69) is 15.3 Å². The molecule has 0 spiro atoms. The quantitative estimate of drug-likeness (QED) is 0.625. The van der Waals surface area contributed by atoms with Crippen LogP contribution in [0.1, 0.15) is 20.3 Å². The minimum atomic E-state index is -0.104. The second kappa shape index (κ2) is 9.19. The van der Waals surface area contributed by atoms with Crippen molar-refractivity contribution in [2.75, 3.05) is 19.5 Å². The molecule has 150 valence electrons. The fourth-order valence-corrected chi connectivity index (χ4v) is 2.87. The van der Waals surface area contributed by atoms with Gasteiger partial charge < -0.3 is 9.47 Å². The lowest BCUT2D eigenvalue weighted by atomic mass is 10.1. The standard InChI is InChI=1S/C23H25N3O3/c1-15(2)13-22(27)26-23-24-20(16-5-9-18(28-3)10-6-16)14-21(25-23)17-7-11-19(29-4)12-8-17/h5-12,14-15H,13H2,1-4H3,(H,24,25,26,27). The third-order valence-electron chi connectivity index (χ3n) is 4.34. The Hall–Kier alpha value is -3.41. The fourth-order valence-electron chi connectivity index (χ4n) is 2.87. The summed E-state index contributed by atoms with van der Waals surface area (Å²) >= 11 is 0. The van der Waals surface area contributed by atoms with Crippen LogP contribution in [-0.2, 0) is 4.79 Å². The van der Waals surface area contributed by atoms with Crippen LogP contribution in [-0.4, -0.2) is 30.1 Å². The molecule has 0 saturated heterocycles. The number of carbonyl (C=O) groups is 1. The minimum absolute atomic E-state index is 0.104. The predicted octanol–water partition coefficient (Wildman–Crippen LogP) is 4.81. The monoisotopic (exact) mass is 391 g/mol. The zero-order valence-electron chi connectivity index (χ0n) is 17.1. The third-order valence-corrected chi connectivity index (χ3v) is 4.34. The van der Waals surface area contributed by atoms with E-state index in [1.54, 1.807) is 14.2 Å². The van der Waals surface area contributed by atoms with Crippen molar-refractivity contribution in [3.63, 3.8) is 0 Å². The van der Waals surface area contributed by atoms with E-state index < -0.39 is 0 Å². The molecule has 0 atom stereocenters. The molecule has 0 bridgehead atoms. The summed E-state index contributed by atoms with van der Waals surface area (Å²) in [7, 11) is 3.26. The van der Waals surface area contributed by atoms with Crippen LogP contribution in [0.15, 0.2) is 54.6 Å². The largest absolute Gasteiger partial charge is 0.497 e. The van der Waals surface area contributed by atoms with Gasteiger partial charge in [-0.3, -0.25) is 10.1 Å². The first-order valence-corrected chi connectivity index (χ1v) is 9.46. The molecule has 0 radical (unpaired) electrons. The maximum atomic E-state index is 12.3. The third kappa shape index (κ3) is 5.31. The Morgan fingerprint density at radius 2 is 1.31 bits per heavy atom. The lowest BCUT2D eigenvalue weighted by Crippen LogP contribution is -2.16. The van der Waals surface area contributed by atoms with Crippen LogP contribution in [0, 0.1) is 5.92 Å². The van der Waals surface area contributed by atoms with Crippen LogP contribution in [0.25, 0.3) is 22.5 Å². The first-order valence-electron chi connectivity index (χ1n) is 9.46. The van der Waals surface area contributed by atoms with Gasteiger partial charge in [0, 0.05) is 17.5 Å². The van der Waals surface area contributed by atoms with Crippen molar-refractivity contribution in [3.05, 3.63) is 54.6 Å². The summed E-state index contributed by atoms with van der Waals surface area (Å²) in [6.07, 6.45) is 0.411. The highest BCUT2D eigenvalue weighted by Gasteiger charge is 2.12. The molecule has 1 amide bonds. The van der Waals surface area contributed by atoms with Crippen molar-refractivity contribution in [2.24, 2.45) is 5.92 Å². The summed E-state index contributed by atoms with van der Waals surface area (Å²) in [4.78, 5) is 21.4. The summed E-state index contributed by atoms with van der Waals surface area (Å²) in [6, 6.07) is 17.1.